The highest BCUT2D eigenvalue weighted by Gasteiger charge is 2.08. The quantitative estimate of drug-likeness (QED) is 0.777. The van der Waals surface area contributed by atoms with E-state index in [1.54, 1.807) is 11.8 Å². The molecule has 6 nitrogen and oxygen atoms in total. The predicted molar refractivity (Wildman–Crippen MR) is 76.2 cm³/mol. The van der Waals surface area contributed by atoms with Crippen molar-refractivity contribution in [3.05, 3.63) is 41.2 Å². The Morgan fingerprint density at radius 2 is 1.95 bits per heavy atom. The van der Waals surface area contributed by atoms with Crippen molar-refractivity contribution in [2.24, 2.45) is 12.8 Å². The fraction of sp³-hybridized carbons (Fsp3) is 0.308. The molecule has 0 aliphatic carbocycles. The zero-order valence-corrected chi connectivity index (χ0v) is 11.9. The summed E-state index contributed by atoms with van der Waals surface area (Å²) in [4.78, 5) is 10.6. The van der Waals surface area contributed by atoms with Crippen LogP contribution in [0.1, 0.15) is 17.0 Å². The van der Waals surface area contributed by atoms with E-state index in [2.05, 4.69) is 10.2 Å². The molecule has 3 N–H and O–H groups in total. The monoisotopic (exact) mass is 292 g/mol. The van der Waals surface area contributed by atoms with Gasteiger partial charge in [-0.3, -0.25) is 4.79 Å². The second kappa shape index (κ2) is 6.53. The first-order valence-electron chi connectivity index (χ1n) is 6.11. The summed E-state index contributed by atoms with van der Waals surface area (Å²) in [7, 11) is 1.89. The minimum atomic E-state index is -0.819. The van der Waals surface area contributed by atoms with Gasteiger partial charge in [0.2, 0.25) is 0 Å². The van der Waals surface area contributed by atoms with Gasteiger partial charge < -0.3 is 15.4 Å². The number of thioether (sulfide) groups is 1. The van der Waals surface area contributed by atoms with Gasteiger partial charge in [-0.15, -0.1) is 10.2 Å². The van der Waals surface area contributed by atoms with Crippen molar-refractivity contribution >= 4 is 17.7 Å². The summed E-state index contributed by atoms with van der Waals surface area (Å²) in [5, 5.41) is 17.6. The summed E-state index contributed by atoms with van der Waals surface area (Å²) in [5.41, 5.74) is 7.46. The summed E-state index contributed by atoms with van der Waals surface area (Å²) in [6.45, 7) is 0.369. The topological polar surface area (TPSA) is 94.0 Å². The average Bonchev–Trinajstić information content (AvgIpc) is 2.78. The van der Waals surface area contributed by atoms with Gasteiger partial charge >= 0.3 is 5.97 Å². The van der Waals surface area contributed by atoms with Gasteiger partial charge in [-0.25, -0.2) is 0 Å². The molecular weight excluding hydrogens is 276 g/mol. The van der Waals surface area contributed by atoms with E-state index in [0.29, 0.717) is 6.54 Å². The van der Waals surface area contributed by atoms with Gasteiger partial charge in [-0.05, 0) is 11.1 Å². The molecule has 7 heteroatoms. The number of carbonyl (C=O) groups is 1. The number of benzene rings is 1. The second-order valence-electron chi connectivity index (χ2n) is 4.34. The SMILES string of the molecule is Cn1c(CN)nnc1SCc1ccc(CC(=O)O)cc1. The van der Waals surface area contributed by atoms with Crippen LogP contribution in [0, 0.1) is 0 Å². The van der Waals surface area contributed by atoms with Crippen LogP contribution in [0.4, 0.5) is 0 Å². The van der Waals surface area contributed by atoms with Gasteiger partial charge in [0.1, 0.15) is 5.82 Å². The van der Waals surface area contributed by atoms with Crippen LogP contribution in [0.25, 0.3) is 0 Å². The Hall–Kier alpha value is -1.86. The molecular formula is C13H16N4O2S. The molecule has 2 aromatic rings. The molecule has 1 heterocycles. The maximum Gasteiger partial charge on any atom is 0.307 e. The molecule has 0 atom stereocenters. The molecule has 0 amide bonds. The molecule has 0 fully saturated rings. The molecule has 2 rings (SSSR count). The number of carboxylic acids is 1. The van der Waals surface area contributed by atoms with E-state index in [-0.39, 0.29) is 6.42 Å². The number of hydrogen-bond acceptors (Lipinski definition) is 5. The third-order valence-electron chi connectivity index (χ3n) is 2.85. The standard InChI is InChI=1S/C13H16N4O2S/c1-17-11(7-14)15-16-13(17)20-8-10-4-2-9(3-5-10)6-12(18)19/h2-5H,6-8,14H2,1H3,(H,18,19). The molecule has 20 heavy (non-hydrogen) atoms. The third kappa shape index (κ3) is 3.58. The molecule has 0 spiro atoms. The van der Waals surface area contributed by atoms with Crippen molar-refractivity contribution in [2.45, 2.75) is 23.9 Å². The summed E-state index contributed by atoms with van der Waals surface area (Å²) < 4.78 is 1.88. The molecule has 1 aromatic carbocycles. The van der Waals surface area contributed by atoms with E-state index in [1.807, 2.05) is 35.9 Å². The molecule has 106 valence electrons. The molecule has 0 radical (unpaired) electrons. The lowest BCUT2D eigenvalue weighted by atomic mass is 10.1. The Balaban J connectivity index is 1.96. The van der Waals surface area contributed by atoms with E-state index in [0.717, 1.165) is 27.9 Å². The van der Waals surface area contributed by atoms with Crippen molar-refractivity contribution in [1.82, 2.24) is 14.8 Å². The smallest absolute Gasteiger partial charge is 0.307 e. The Kier molecular flexibility index (Phi) is 4.75. The summed E-state index contributed by atoms with van der Waals surface area (Å²) in [6, 6.07) is 7.55. The Labute approximate surface area is 121 Å². The number of hydrogen-bond donors (Lipinski definition) is 2. The summed E-state index contributed by atoms with van der Waals surface area (Å²) >= 11 is 1.57. The third-order valence-corrected chi connectivity index (χ3v) is 3.95. The van der Waals surface area contributed by atoms with Crippen molar-refractivity contribution in [3.8, 4) is 0 Å². The van der Waals surface area contributed by atoms with Gasteiger partial charge in [0, 0.05) is 12.8 Å². The minimum absolute atomic E-state index is 0.0522. The first-order valence-corrected chi connectivity index (χ1v) is 7.09. The molecule has 0 saturated carbocycles. The number of aliphatic carboxylic acids is 1. The van der Waals surface area contributed by atoms with Gasteiger partial charge in [0.05, 0.1) is 13.0 Å². The number of carboxylic acid groups (broad SMARTS) is 1. The van der Waals surface area contributed by atoms with E-state index in [4.69, 9.17) is 10.8 Å². The maximum atomic E-state index is 10.6. The molecule has 1 aromatic heterocycles. The lowest BCUT2D eigenvalue weighted by Crippen LogP contribution is -2.05. The number of rotatable bonds is 6. The molecule has 0 aliphatic rings. The summed E-state index contributed by atoms with van der Waals surface area (Å²) in [5.74, 6) is 0.689. The minimum Gasteiger partial charge on any atom is -0.481 e. The lowest BCUT2D eigenvalue weighted by molar-refractivity contribution is -0.136. The van der Waals surface area contributed by atoms with Crippen molar-refractivity contribution in [3.63, 3.8) is 0 Å². The molecule has 0 bridgehead atoms. The van der Waals surface area contributed by atoms with E-state index in [9.17, 15) is 4.79 Å². The van der Waals surface area contributed by atoms with Gasteiger partial charge in [0.15, 0.2) is 5.16 Å². The van der Waals surface area contributed by atoms with Gasteiger partial charge in [0.25, 0.3) is 0 Å². The van der Waals surface area contributed by atoms with Gasteiger partial charge in [-0.2, -0.15) is 0 Å². The number of nitrogens with zero attached hydrogens (tertiary/aromatic N) is 3. The zero-order chi connectivity index (χ0) is 14.5. The van der Waals surface area contributed by atoms with Crippen LogP contribution in [0.3, 0.4) is 0 Å². The molecule has 0 unspecified atom stereocenters. The van der Waals surface area contributed by atoms with E-state index < -0.39 is 5.97 Å². The Morgan fingerprint density at radius 1 is 1.30 bits per heavy atom. The van der Waals surface area contributed by atoms with Crippen LogP contribution in [0.2, 0.25) is 0 Å². The molecule has 0 aliphatic heterocycles. The molecule has 0 saturated heterocycles. The predicted octanol–water partition coefficient (Wildman–Crippen LogP) is 1.19. The van der Waals surface area contributed by atoms with E-state index in [1.165, 1.54) is 0 Å². The number of aromatic nitrogens is 3. The second-order valence-corrected chi connectivity index (χ2v) is 5.28. The summed E-state index contributed by atoms with van der Waals surface area (Å²) in [6.07, 6.45) is 0.0522. The first-order chi connectivity index (χ1) is 9.60. The van der Waals surface area contributed by atoms with Crippen LogP contribution < -0.4 is 5.73 Å². The Morgan fingerprint density at radius 3 is 2.50 bits per heavy atom. The van der Waals surface area contributed by atoms with Crippen LogP contribution in [-0.2, 0) is 30.6 Å². The maximum absolute atomic E-state index is 10.6. The highest BCUT2D eigenvalue weighted by atomic mass is 32.2. The van der Waals surface area contributed by atoms with Crippen LogP contribution in [-0.4, -0.2) is 25.8 Å². The highest BCUT2D eigenvalue weighted by molar-refractivity contribution is 7.98. The van der Waals surface area contributed by atoms with E-state index >= 15 is 0 Å². The van der Waals surface area contributed by atoms with Crippen molar-refractivity contribution in [2.75, 3.05) is 0 Å². The van der Waals surface area contributed by atoms with Gasteiger partial charge in [-0.1, -0.05) is 36.0 Å². The van der Waals surface area contributed by atoms with Crippen LogP contribution in [0.15, 0.2) is 29.4 Å². The first kappa shape index (κ1) is 14.5. The fourth-order valence-corrected chi connectivity index (χ4v) is 2.61. The average molecular weight is 292 g/mol. The van der Waals surface area contributed by atoms with Crippen molar-refractivity contribution < 1.29 is 9.90 Å². The van der Waals surface area contributed by atoms with Crippen LogP contribution in [0.5, 0.6) is 0 Å². The highest BCUT2D eigenvalue weighted by Crippen LogP contribution is 2.21. The Bertz CT molecular complexity index is 595. The van der Waals surface area contributed by atoms with Crippen LogP contribution >= 0.6 is 11.8 Å². The fourth-order valence-electron chi connectivity index (χ4n) is 1.72. The zero-order valence-electron chi connectivity index (χ0n) is 11.1. The number of nitrogens with two attached hydrogens (primary N) is 1. The lowest BCUT2D eigenvalue weighted by Gasteiger charge is -2.04. The normalized spacial score (nSPS) is 10.7. The van der Waals surface area contributed by atoms with Crippen molar-refractivity contribution in [1.29, 1.82) is 0 Å². The largest absolute Gasteiger partial charge is 0.481 e.